The van der Waals surface area contributed by atoms with Crippen LogP contribution in [0.5, 0.6) is 5.75 Å². The van der Waals surface area contributed by atoms with Gasteiger partial charge in [-0.05, 0) is 17.7 Å². The van der Waals surface area contributed by atoms with E-state index in [0.29, 0.717) is 5.75 Å². The third kappa shape index (κ3) is 1.76. The van der Waals surface area contributed by atoms with E-state index in [1.165, 1.54) is 0 Å². The van der Waals surface area contributed by atoms with Gasteiger partial charge >= 0.3 is 6.03 Å². The van der Waals surface area contributed by atoms with Crippen molar-refractivity contribution in [3.8, 4) is 5.75 Å². The minimum absolute atomic E-state index is 0.329. The number of methoxy groups -OCH3 is 1. The van der Waals surface area contributed by atoms with Crippen molar-refractivity contribution in [2.45, 2.75) is 6.04 Å². The Kier molecular flexibility index (Phi) is 2.29. The molecule has 1 aromatic rings. The van der Waals surface area contributed by atoms with Gasteiger partial charge in [0.2, 0.25) is 0 Å². The summed E-state index contributed by atoms with van der Waals surface area (Å²) in [5.41, 5.74) is 0.735. The molecule has 2 N–H and O–H groups in total. The van der Waals surface area contributed by atoms with Crippen LogP contribution in [0.4, 0.5) is 4.79 Å². The molecule has 1 heterocycles. The van der Waals surface area contributed by atoms with Gasteiger partial charge < -0.3 is 10.1 Å². The van der Waals surface area contributed by atoms with Gasteiger partial charge in [0, 0.05) is 0 Å². The molecule has 0 bridgehead atoms. The molecule has 5 heteroatoms. The Bertz CT molecular complexity index is 400. The Balaban J connectivity index is 2.22. The Labute approximate surface area is 86.4 Å². The maximum atomic E-state index is 11.3. The molecule has 1 aliphatic rings. The minimum atomic E-state index is -0.594. The average Bonchev–Trinajstić information content (AvgIpc) is 2.58. The van der Waals surface area contributed by atoms with Gasteiger partial charge in [0.25, 0.3) is 5.91 Å². The Morgan fingerprint density at radius 1 is 1.20 bits per heavy atom. The SMILES string of the molecule is COc1ccc(C2NC(=O)NC2=O)cc1. The number of nitrogens with one attached hydrogen (secondary N) is 2. The van der Waals surface area contributed by atoms with E-state index in [9.17, 15) is 9.59 Å². The fourth-order valence-electron chi connectivity index (χ4n) is 1.45. The maximum absolute atomic E-state index is 11.3. The topological polar surface area (TPSA) is 67.4 Å². The first-order valence-corrected chi connectivity index (χ1v) is 4.46. The monoisotopic (exact) mass is 206 g/mol. The highest BCUT2D eigenvalue weighted by Gasteiger charge is 2.30. The smallest absolute Gasteiger partial charge is 0.322 e. The molecule has 0 aliphatic carbocycles. The second kappa shape index (κ2) is 3.61. The van der Waals surface area contributed by atoms with Crippen LogP contribution in [0.3, 0.4) is 0 Å². The lowest BCUT2D eigenvalue weighted by Crippen LogP contribution is -2.22. The van der Waals surface area contributed by atoms with E-state index < -0.39 is 12.1 Å². The van der Waals surface area contributed by atoms with E-state index >= 15 is 0 Å². The summed E-state index contributed by atoms with van der Waals surface area (Å²) < 4.78 is 4.99. The fourth-order valence-corrected chi connectivity index (χ4v) is 1.45. The highest BCUT2D eigenvalue weighted by atomic mass is 16.5. The van der Waals surface area contributed by atoms with Crippen LogP contribution >= 0.6 is 0 Å². The van der Waals surface area contributed by atoms with E-state index in [-0.39, 0.29) is 5.91 Å². The molecule has 1 atom stereocenters. The van der Waals surface area contributed by atoms with Gasteiger partial charge in [-0.15, -0.1) is 0 Å². The van der Waals surface area contributed by atoms with Crippen molar-refractivity contribution >= 4 is 11.9 Å². The summed E-state index contributed by atoms with van der Waals surface area (Å²) in [5.74, 6) is 0.383. The van der Waals surface area contributed by atoms with Gasteiger partial charge in [-0.2, -0.15) is 0 Å². The molecule has 0 spiro atoms. The first-order valence-electron chi connectivity index (χ1n) is 4.46. The Hall–Kier alpha value is -2.04. The first kappa shape index (κ1) is 9.51. The highest BCUT2D eigenvalue weighted by molar-refractivity contribution is 6.04. The number of urea groups is 1. The zero-order chi connectivity index (χ0) is 10.8. The van der Waals surface area contributed by atoms with Crippen molar-refractivity contribution in [2.24, 2.45) is 0 Å². The van der Waals surface area contributed by atoms with Crippen LogP contribution in [0, 0.1) is 0 Å². The van der Waals surface area contributed by atoms with Gasteiger partial charge in [0.15, 0.2) is 0 Å². The molecule has 1 aliphatic heterocycles. The molecule has 0 radical (unpaired) electrons. The lowest BCUT2D eigenvalue weighted by molar-refractivity contribution is -0.120. The van der Waals surface area contributed by atoms with E-state index in [0.717, 1.165) is 5.56 Å². The van der Waals surface area contributed by atoms with E-state index in [2.05, 4.69) is 10.6 Å². The van der Waals surface area contributed by atoms with Crippen LogP contribution in [0.15, 0.2) is 24.3 Å². The van der Waals surface area contributed by atoms with E-state index in [1.807, 2.05) is 0 Å². The van der Waals surface area contributed by atoms with Crippen molar-refractivity contribution in [1.82, 2.24) is 10.6 Å². The van der Waals surface area contributed by atoms with Crippen molar-refractivity contribution in [3.63, 3.8) is 0 Å². The molecular formula is C10H10N2O3. The predicted octanol–water partition coefficient (Wildman–Crippen LogP) is 0.576. The summed E-state index contributed by atoms with van der Waals surface area (Å²) in [6, 6.07) is 5.92. The molecule has 2 rings (SSSR count). The quantitative estimate of drug-likeness (QED) is 0.695. The third-order valence-electron chi connectivity index (χ3n) is 2.22. The zero-order valence-electron chi connectivity index (χ0n) is 8.11. The number of carbonyl (C=O) groups is 2. The Morgan fingerprint density at radius 3 is 2.33 bits per heavy atom. The number of carbonyl (C=O) groups excluding carboxylic acids is 2. The van der Waals surface area contributed by atoms with Gasteiger partial charge in [0.1, 0.15) is 11.8 Å². The number of benzene rings is 1. The lowest BCUT2D eigenvalue weighted by atomic mass is 10.1. The van der Waals surface area contributed by atoms with Crippen molar-refractivity contribution in [3.05, 3.63) is 29.8 Å². The molecule has 1 unspecified atom stereocenters. The number of rotatable bonds is 2. The summed E-state index contributed by atoms with van der Waals surface area (Å²) in [5, 5.41) is 4.69. The van der Waals surface area contributed by atoms with Crippen LogP contribution in [0.2, 0.25) is 0 Å². The standard InChI is InChI=1S/C10H10N2O3/c1-15-7-4-2-6(3-5-7)8-9(13)12-10(14)11-8/h2-5,8H,1H3,(H2,11,12,13,14). The van der Waals surface area contributed by atoms with Crippen LogP contribution in [0.1, 0.15) is 11.6 Å². The highest BCUT2D eigenvalue weighted by Crippen LogP contribution is 2.19. The maximum Gasteiger partial charge on any atom is 0.322 e. The van der Waals surface area contributed by atoms with Gasteiger partial charge in [-0.3, -0.25) is 10.1 Å². The van der Waals surface area contributed by atoms with Crippen LogP contribution in [-0.2, 0) is 4.79 Å². The van der Waals surface area contributed by atoms with Gasteiger partial charge in [0.05, 0.1) is 7.11 Å². The van der Waals surface area contributed by atoms with Crippen LogP contribution in [0.25, 0.3) is 0 Å². The minimum Gasteiger partial charge on any atom is -0.497 e. The van der Waals surface area contributed by atoms with Gasteiger partial charge in [-0.1, -0.05) is 12.1 Å². The number of hydrogen-bond donors (Lipinski definition) is 2. The third-order valence-corrected chi connectivity index (χ3v) is 2.22. The molecule has 78 valence electrons. The number of imide groups is 1. The predicted molar refractivity (Wildman–Crippen MR) is 52.4 cm³/mol. The number of ether oxygens (including phenoxy) is 1. The molecular weight excluding hydrogens is 196 g/mol. The molecule has 1 saturated heterocycles. The van der Waals surface area contributed by atoms with E-state index in [1.54, 1.807) is 31.4 Å². The number of amides is 3. The molecule has 3 amide bonds. The molecule has 1 aromatic carbocycles. The van der Waals surface area contributed by atoms with E-state index in [4.69, 9.17) is 4.74 Å². The number of hydrogen-bond acceptors (Lipinski definition) is 3. The van der Waals surface area contributed by atoms with Crippen LogP contribution in [-0.4, -0.2) is 19.0 Å². The fraction of sp³-hybridized carbons (Fsp3) is 0.200. The van der Waals surface area contributed by atoms with Gasteiger partial charge in [-0.25, -0.2) is 4.79 Å². The largest absolute Gasteiger partial charge is 0.497 e. The first-order chi connectivity index (χ1) is 7.20. The molecule has 0 aromatic heterocycles. The van der Waals surface area contributed by atoms with Crippen molar-refractivity contribution in [2.75, 3.05) is 7.11 Å². The normalized spacial score (nSPS) is 19.7. The van der Waals surface area contributed by atoms with Crippen LogP contribution < -0.4 is 15.4 Å². The second-order valence-corrected chi connectivity index (χ2v) is 3.17. The second-order valence-electron chi connectivity index (χ2n) is 3.17. The lowest BCUT2D eigenvalue weighted by Gasteiger charge is -2.07. The van der Waals surface area contributed by atoms with Crippen molar-refractivity contribution < 1.29 is 14.3 Å². The molecule has 1 fully saturated rings. The summed E-state index contributed by atoms with van der Waals surface area (Å²) in [7, 11) is 1.57. The Morgan fingerprint density at radius 2 is 1.87 bits per heavy atom. The zero-order valence-corrected chi connectivity index (χ0v) is 8.11. The molecule has 15 heavy (non-hydrogen) atoms. The molecule has 0 saturated carbocycles. The van der Waals surface area contributed by atoms with Crippen molar-refractivity contribution in [1.29, 1.82) is 0 Å². The summed E-state index contributed by atoms with van der Waals surface area (Å²) in [4.78, 5) is 22.2. The molecule has 5 nitrogen and oxygen atoms in total. The average molecular weight is 206 g/mol. The summed E-state index contributed by atoms with van der Waals surface area (Å²) in [6.45, 7) is 0. The summed E-state index contributed by atoms with van der Waals surface area (Å²) >= 11 is 0. The summed E-state index contributed by atoms with van der Waals surface area (Å²) in [6.07, 6.45) is 0.